The number of ether oxygens (including phenoxy) is 3. The molecule has 34 heavy (non-hydrogen) atoms. The fourth-order valence-electron chi connectivity index (χ4n) is 4.78. The molecule has 0 bridgehead atoms. The summed E-state index contributed by atoms with van der Waals surface area (Å²) in [4.78, 5) is 4.88. The maximum absolute atomic E-state index is 10.5. The third-order valence-electron chi connectivity index (χ3n) is 6.49. The van der Waals surface area contributed by atoms with E-state index in [-0.39, 0.29) is 12.8 Å². The van der Waals surface area contributed by atoms with Crippen LogP contribution in [0.2, 0.25) is 0 Å². The number of aliphatic hydroxyl groups excluding tert-OH is 1. The zero-order chi connectivity index (χ0) is 23.2. The lowest BCUT2D eigenvalue weighted by Gasteiger charge is -2.40. The highest BCUT2D eigenvalue weighted by Gasteiger charge is 2.27. The normalized spacial score (nSPS) is 17.2. The van der Waals surface area contributed by atoms with E-state index in [0.29, 0.717) is 19.8 Å². The van der Waals surface area contributed by atoms with E-state index in [1.165, 1.54) is 11.1 Å². The Hall–Kier alpha value is -2.90. The van der Waals surface area contributed by atoms with Crippen molar-refractivity contribution in [3.05, 3.63) is 95.6 Å². The van der Waals surface area contributed by atoms with Gasteiger partial charge in [0.25, 0.3) is 0 Å². The summed E-state index contributed by atoms with van der Waals surface area (Å²) in [5.74, 6) is 1.52. The number of nitrogens with zero attached hydrogens (tertiary/aromatic N) is 2. The fourth-order valence-corrected chi connectivity index (χ4v) is 4.78. The lowest BCUT2D eigenvalue weighted by molar-refractivity contribution is -0.000729. The van der Waals surface area contributed by atoms with Crippen molar-refractivity contribution in [3.8, 4) is 11.5 Å². The van der Waals surface area contributed by atoms with Gasteiger partial charge in [0.2, 0.25) is 6.79 Å². The van der Waals surface area contributed by atoms with Gasteiger partial charge in [0.15, 0.2) is 11.5 Å². The summed E-state index contributed by atoms with van der Waals surface area (Å²) in [6, 6.07) is 27.5. The summed E-state index contributed by atoms with van der Waals surface area (Å²) < 4.78 is 16.5. The number of aliphatic hydroxyl groups is 1. The zero-order valence-electron chi connectivity index (χ0n) is 19.4. The standard InChI is InChI=1S/C28H32N2O4/c31-25(20-32-19-22-11-12-26-27(17-22)34-21-33-26)18-29-13-15-30(16-14-29)28(23-7-3-1-4-8-23)24-9-5-2-6-10-24/h1-12,17,25,28,31H,13-16,18-21H2/t25-/m0/s1. The molecule has 0 aromatic heterocycles. The van der Waals surface area contributed by atoms with E-state index in [9.17, 15) is 5.11 Å². The van der Waals surface area contributed by atoms with Crippen LogP contribution in [0.25, 0.3) is 0 Å². The van der Waals surface area contributed by atoms with Gasteiger partial charge in [-0.25, -0.2) is 0 Å². The molecule has 2 aliphatic heterocycles. The van der Waals surface area contributed by atoms with Gasteiger partial charge in [0, 0.05) is 32.7 Å². The Morgan fingerprint density at radius 2 is 1.44 bits per heavy atom. The molecule has 1 atom stereocenters. The smallest absolute Gasteiger partial charge is 0.231 e. The number of rotatable bonds is 9. The molecule has 6 nitrogen and oxygen atoms in total. The summed E-state index contributed by atoms with van der Waals surface area (Å²) >= 11 is 0. The first-order valence-electron chi connectivity index (χ1n) is 12.0. The topological polar surface area (TPSA) is 54.4 Å². The van der Waals surface area contributed by atoms with Crippen molar-refractivity contribution in [2.75, 3.05) is 46.1 Å². The van der Waals surface area contributed by atoms with Crippen LogP contribution < -0.4 is 9.47 Å². The number of hydrogen-bond donors (Lipinski definition) is 1. The van der Waals surface area contributed by atoms with Crippen molar-refractivity contribution in [3.63, 3.8) is 0 Å². The Bertz CT molecular complexity index is 999. The average Bonchev–Trinajstić information content (AvgIpc) is 3.35. The van der Waals surface area contributed by atoms with Crippen molar-refractivity contribution in [1.82, 2.24) is 9.80 Å². The summed E-state index contributed by atoms with van der Waals surface area (Å²) in [6.07, 6.45) is -0.514. The maximum atomic E-state index is 10.5. The Morgan fingerprint density at radius 3 is 2.12 bits per heavy atom. The second kappa shape index (κ2) is 11.0. The molecular weight excluding hydrogens is 428 g/mol. The molecule has 0 saturated carbocycles. The van der Waals surface area contributed by atoms with Crippen molar-refractivity contribution in [2.45, 2.75) is 18.8 Å². The molecule has 1 N–H and O–H groups in total. The largest absolute Gasteiger partial charge is 0.454 e. The summed E-state index contributed by atoms with van der Waals surface area (Å²) in [5.41, 5.74) is 3.65. The quantitative estimate of drug-likeness (QED) is 0.526. The maximum Gasteiger partial charge on any atom is 0.231 e. The monoisotopic (exact) mass is 460 g/mol. The van der Waals surface area contributed by atoms with Crippen LogP contribution in [0.4, 0.5) is 0 Å². The molecule has 178 valence electrons. The average molecular weight is 461 g/mol. The molecule has 2 aliphatic rings. The summed E-state index contributed by atoms with van der Waals surface area (Å²) in [6.45, 7) is 5.41. The minimum Gasteiger partial charge on any atom is -0.454 e. The predicted octanol–water partition coefficient (Wildman–Crippen LogP) is 3.70. The van der Waals surface area contributed by atoms with E-state index < -0.39 is 6.10 Å². The molecule has 5 rings (SSSR count). The van der Waals surface area contributed by atoms with Gasteiger partial charge in [-0.15, -0.1) is 0 Å². The van der Waals surface area contributed by atoms with Crippen LogP contribution in [-0.4, -0.2) is 67.1 Å². The number of benzene rings is 3. The first-order valence-corrected chi connectivity index (χ1v) is 12.0. The molecule has 0 spiro atoms. The van der Waals surface area contributed by atoms with Crippen LogP contribution in [0, 0.1) is 0 Å². The minimum atomic E-state index is -0.514. The molecule has 0 aliphatic carbocycles. The molecule has 2 heterocycles. The van der Waals surface area contributed by atoms with Crippen LogP contribution >= 0.6 is 0 Å². The van der Waals surface area contributed by atoms with Gasteiger partial charge >= 0.3 is 0 Å². The van der Waals surface area contributed by atoms with Crippen LogP contribution in [-0.2, 0) is 11.3 Å². The zero-order valence-corrected chi connectivity index (χ0v) is 19.4. The molecule has 3 aromatic rings. The first-order chi connectivity index (χ1) is 16.8. The second-order valence-electron chi connectivity index (χ2n) is 8.92. The van der Waals surface area contributed by atoms with E-state index in [0.717, 1.165) is 43.2 Å². The van der Waals surface area contributed by atoms with E-state index in [2.05, 4.69) is 70.5 Å². The Balaban J connectivity index is 1.10. The summed E-state index contributed by atoms with van der Waals surface area (Å²) in [7, 11) is 0. The van der Waals surface area contributed by atoms with Gasteiger partial charge in [-0.2, -0.15) is 0 Å². The highest BCUT2D eigenvalue weighted by Crippen LogP contribution is 2.33. The number of piperazine rings is 1. The first kappa shape index (κ1) is 22.9. The van der Waals surface area contributed by atoms with Gasteiger partial charge in [-0.3, -0.25) is 9.80 Å². The fraction of sp³-hybridized carbons (Fsp3) is 0.357. The Kier molecular flexibility index (Phi) is 7.41. The lowest BCUT2D eigenvalue weighted by Crippen LogP contribution is -2.50. The van der Waals surface area contributed by atoms with Crippen LogP contribution in [0.5, 0.6) is 11.5 Å². The van der Waals surface area contributed by atoms with Crippen LogP contribution in [0.3, 0.4) is 0 Å². The van der Waals surface area contributed by atoms with Gasteiger partial charge < -0.3 is 19.3 Å². The van der Waals surface area contributed by atoms with Crippen LogP contribution in [0.1, 0.15) is 22.7 Å². The minimum absolute atomic E-state index is 0.250. The Labute approximate surface area is 201 Å². The summed E-state index contributed by atoms with van der Waals surface area (Å²) in [5, 5.41) is 10.5. The molecule has 1 fully saturated rings. The molecule has 0 unspecified atom stereocenters. The number of fused-ring (bicyclic) bond motifs is 1. The van der Waals surface area contributed by atoms with Gasteiger partial charge in [0.1, 0.15) is 0 Å². The number of hydrogen-bond acceptors (Lipinski definition) is 6. The molecule has 3 aromatic carbocycles. The van der Waals surface area contributed by atoms with E-state index in [1.807, 2.05) is 18.2 Å². The van der Waals surface area contributed by atoms with Crippen molar-refractivity contribution >= 4 is 0 Å². The number of β-amino-alcohol motifs (C(OH)–C–C–N with tert-alkyl or cyclic N) is 1. The highest BCUT2D eigenvalue weighted by atomic mass is 16.7. The van der Waals surface area contributed by atoms with Gasteiger partial charge in [0.05, 0.1) is 25.4 Å². The van der Waals surface area contributed by atoms with Crippen LogP contribution in [0.15, 0.2) is 78.9 Å². The van der Waals surface area contributed by atoms with Crippen molar-refractivity contribution in [2.24, 2.45) is 0 Å². The molecule has 1 saturated heterocycles. The van der Waals surface area contributed by atoms with Gasteiger partial charge in [-0.05, 0) is 28.8 Å². The van der Waals surface area contributed by atoms with E-state index in [4.69, 9.17) is 14.2 Å². The SMILES string of the molecule is O[C@H](COCc1ccc2c(c1)OCO2)CN1CCN(C(c2ccccc2)c2ccccc2)CC1. The molecule has 0 amide bonds. The van der Waals surface area contributed by atoms with E-state index >= 15 is 0 Å². The molecule has 6 heteroatoms. The van der Waals surface area contributed by atoms with Crippen molar-refractivity contribution < 1.29 is 19.3 Å². The van der Waals surface area contributed by atoms with Crippen molar-refractivity contribution in [1.29, 1.82) is 0 Å². The third-order valence-corrected chi connectivity index (χ3v) is 6.49. The second-order valence-corrected chi connectivity index (χ2v) is 8.92. The predicted molar refractivity (Wildman–Crippen MR) is 131 cm³/mol. The lowest BCUT2D eigenvalue weighted by atomic mass is 9.96. The highest BCUT2D eigenvalue weighted by molar-refractivity contribution is 5.44. The molecular formula is C28H32N2O4. The Morgan fingerprint density at radius 1 is 0.794 bits per heavy atom. The van der Waals surface area contributed by atoms with Gasteiger partial charge in [-0.1, -0.05) is 66.7 Å². The molecule has 0 radical (unpaired) electrons. The van der Waals surface area contributed by atoms with E-state index in [1.54, 1.807) is 0 Å². The third kappa shape index (κ3) is 5.59.